The van der Waals surface area contributed by atoms with Crippen molar-refractivity contribution in [3.8, 4) is 33.4 Å². The zero-order chi connectivity index (χ0) is 41.7. The zero-order valence-corrected chi connectivity index (χ0v) is 34.8. The van der Waals surface area contributed by atoms with Gasteiger partial charge in [-0.25, -0.2) is 0 Å². The maximum atomic E-state index is 2.50. The van der Waals surface area contributed by atoms with E-state index < -0.39 is 5.41 Å². The third-order valence-electron chi connectivity index (χ3n) is 13.5. The molecule has 0 amide bonds. The molecule has 0 saturated carbocycles. The molecule has 3 aliphatic rings. The molecule has 298 valence electrons. The van der Waals surface area contributed by atoms with Crippen molar-refractivity contribution in [2.24, 2.45) is 0 Å². The van der Waals surface area contributed by atoms with Gasteiger partial charge in [0.05, 0.1) is 11.5 Å². The lowest BCUT2D eigenvalue weighted by Crippen LogP contribution is -2.30. The summed E-state index contributed by atoms with van der Waals surface area (Å²) in [6.45, 7) is 0. The second kappa shape index (κ2) is 15.2. The van der Waals surface area contributed by atoms with Crippen molar-refractivity contribution in [2.45, 2.75) is 17.4 Å². The summed E-state index contributed by atoms with van der Waals surface area (Å²) < 4.78 is 0. The van der Waals surface area contributed by atoms with E-state index >= 15 is 0 Å². The number of para-hydroxylation sites is 2. The van der Waals surface area contributed by atoms with Crippen LogP contribution < -0.4 is 9.80 Å². The lowest BCUT2D eigenvalue weighted by molar-refractivity contribution is 0.736. The van der Waals surface area contributed by atoms with E-state index in [0.717, 1.165) is 17.1 Å². The first kappa shape index (κ1) is 36.9. The average Bonchev–Trinajstić information content (AvgIpc) is 3.86. The molecular weight excluding hydrogens is 761 g/mol. The molecule has 2 heteroatoms. The van der Waals surface area contributed by atoms with Crippen LogP contribution in [0.15, 0.2) is 261 Å². The highest BCUT2D eigenvalue weighted by molar-refractivity contribution is 5.89. The van der Waals surface area contributed by atoms with Crippen LogP contribution in [0.25, 0.3) is 33.4 Å². The third kappa shape index (κ3) is 6.02. The minimum absolute atomic E-state index is 0.183. The first-order valence-electron chi connectivity index (χ1n) is 22.0. The highest BCUT2D eigenvalue weighted by Gasteiger charge is 2.46. The van der Waals surface area contributed by atoms with Crippen LogP contribution in [0.4, 0.5) is 22.7 Å². The van der Waals surface area contributed by atoms with Crippen LogP contribution in [0.5, 0.6) is 0 Å². The van der Waals surface area contributed by atoms with Gasteiger partial charge in [-0.3, -0.25) is 0 Å². The van der Waals surface area contributed by atoms with E-state index in [0.29, 0.717) is 0 Å². The standard InChI is InChI=1S/C61H44N2/c1-5-17-43(18-6-1)44-29-34-50(35-30-44)62(52-38-40-60-56(42-52)55-26-14-16-28-59(55)63(60)49-23-11-4-12-24-49)51-36-31-45(32-37-51)46-33-39-54-53-25-13-15-27-57(53)61(58(54)41-46,47-19-7-2-8-20-47)48-21-9-3-10-22-48/h1-42,56,60H. The highest BCUT2D eigenvalue weighted by atomic mass is 15.2. The van der Waals surface area contributed by atoms with Gasteiger partial charge in [0.15, 0.2) is 0 Å². The van der Waals surface area contributed by atoms with Gasteiger partial charge in [0.25, 0.3) is 0 Å². The van der Waals surface area contributed by atoms with Gasteiger partial charge in [-0.1, -0.05) is 200 Å². The number of hydrogen-bond donors (Lipinski definition) is 0. The van der Waals surface area contributed by atoms with E-state index in [2.05, 4.69) is 265 Å². The van der Waals surface area contributed by atoms with Gasteiger partial charge in [-0.05, 0) is 116 Å². The number of fused-ring (bicyclic) bond motifs is 6. The Morgan fingerprint density at radius 3 is 1.59 bits per heavy atom. The summed E-state index contributed by atoms with van der Waals surface area (Å²) in [6, 6.07) is 86.9. The molecule has 2 nitrogen and oxygen atoms in total. The van der Waals surface area contributed by atoms with Crippen LogP contribution in [0.3, 0.4) is 0 Å². The fourth-order valence-corrected chi connectivity index (χ4v) is 10.7. The first-order valence-corrected chi connectivity index (χ1v) is 22.0. The number of anilines is 4. The van der Waals surface area contributed by atoms with E-state index in [1.54, 1.807) is 0 Å². The first-order chi connectivity index (χ1) is 31.3. The normalized spacial score (nSPS) is 16.4. The fourth-order valence-electron chi connectivity index (χ4n) is 10.7. The summed E-state index contributed by atoms with van der Waals surface area (Å²) in [6.07, 6.45) is 7.21. The summed E-state index contributed by atoms with van der Waals surface area (Å²) >= 11 is 0. The number of hydrogen-bond acceptors (Lipinski definition) is 2. The van der Waals surface area contributed by atoms with Gasteiger partial charge in [-0.15, -0.1) is 0 Å². The quantitative estimate of drug-likeness (QED) is 0.151. The van der Waals surface area contributed by atoms with Crippen molar-refractivity contribution in [1.82, 2.24) is 0 Å². The minimum atomic E-state index is -0.445. The van der Waals surface area contributed by atoms with Crippen molar-refractivity contribution >= 4 is 22.7 Å². The van der Waals surface area contributed by atoms with Crippen molar-refractivity contribution in [3.63, 3.8) is 0 Å². The summed E-state index contributed by atoms with van der Waals surface area (Å²) in [5, 5.41) is 0. The van der Waals surface area contributed by atoms with Gasteiger partial charge in [-0.2, -0.15) is 0 Å². The predicted octanol–water partition coefficient (Wildman–Crippen LogP) is 15.3. The highest BCUT2D eigenvalue weighted by Crippen LogP contribution is 2.57. The molecule has 12 rings (SSSR count). The SMILES string of the molecule is C1=CC2C(C=C1N(c1ccc(-c3ccccc3)cc1)c1ccc(-c3ccc4c(c3)C(c3ccccc3)(c3ccccc3)c3ccccc3-4)cc1)c1ccccc1N2c1ccccc1. The van der Waals surface area contributed by atoms with Gasteiger partial charge in [0.2, 0.25) is 0 Å². The number of rotatable bonds is 8. The van der Waals surface area contributed by atoms with E-state index in [-0.39, 0.29) is 12.0 Å². The van der Waals surface area contributed by atoms with Gasteiger partial charge < -0.3 is 9.80 Å². The summed E-state index contributed by atoms with van der Waals surface area (Å²) in [5.41, 5.74) is 19.4. The molecule has 0 bridgehead atoms. The van der Waals surface area contributed by atoms with E-state index in [4.69, 9.17) is 0 Å². The molecule has 9 aromatic rings. The monoisotopic (exact) mass is 804 g/mol. The van der Waals surface area contributed by atoms with Crippen molar-refractivity contribution in [3.05, 3.63) is 288 Å². The smallest absolute Gasteiger partial charge is 0.0713 e. The maximum absolute atomic E-state index is 2.50. The molecule has 0 fully saturated rings. The van der Waals surface area contributed by atoms with E-state index in [9.17, 15) is 0 Å². The van der Waals surface area contributed by atoms with Crippen LogP contribution in [-0.2, 0) is 5.41 Å². The van der Waals surface area contributed by atoms with E-state index in [1.165, 1.54) is 72.6 Å². The molecule has 2 unspecified atom stereocenters. The molecule has 0 aromatic heterocycles. The lowest BCUT2D eigenvalue weighted by Gasteiger charge is -2.34. The average molecular weight is 805 g/mol. The Hall–Kier alpha value is -7.94. The largest absolute Gasteiger partial charge is 0.333 e. The Morgan fingerprint density at radius 2 is 0.921 bits per heavy atom. The Morgan fingerprint density at radius 1 is 0.413 bits per heavy atom. The topological polar surface area (TPSA) is 6.48 Å². The Bertz CT molecular complexity index is 3110. The predicted molar refractivity (Wildman–Crippen MR) is 262 cm³/mol. The Balaban J connectivity index is 0.962. The Kier molecular flexibility index (Phi) is 8.90. The molecule has 63 heavy (non-hydrogen) atoms. The van der Waals surface area contributed by atoms with Crippen molar-refractivity contribution < 1.29 is 0 Å². The molecule has 2 aliphatic carbocycles. The molecule has 0 saturated heterocycles. The molecule has 0 N–H and O–H groups in total. The van der Waals surface area contributed by atoms with Gasteiger partial charge >= 0.3 is 0 Å². The zero-order valence-electron chi connectivity index (χ0n) is 34.8. The molecule has 1 heterocycles. The van der Waals surface area contributed by atoms with Crippen LogP contribution in [-0.4, -0.2) is 6.04 Å². The third-order valence-corrected chi connectivity index (χ3v) is 13.5. The molecule has 9 aromatic carbocycles. The molecule has 0 radical (unpaired) electrons. The van der Waals surface area contributed by atoms with Gasteiger partial charge in [0, 0.05) is 34.4 Å². The van der Waals surface area contributed by atoms with Crippen LogP contribution in [0.2, 0.25) is 0 Å². The fraction of sp³-hybridized carbons (Fsp3) is 0.0492. The van der Waals surface area contributed by atoms with Crippen LogP contribution >= 0.6 is 0 Å². The second-order valence-electron chi connectivity index (χ2n) is 16.8. The van der Waals surface area contributed by atoms with Crippen molar-refractivity contribution in [1.29, 1.82) is 0 Å². The molecular formula is C61H44N2. The molecule has 1 aliphatic heterocycles. The summed E-state index contributed by atoms with van der Waals surface area (Å²) in [5.74, 6) is 0.191. The second-order valence-corrected chi connectivity index (χ2v) is 16.8. The molecule has 0 spiro atoms. The Labute approximate surface area is 370 Å². The maximum Gasteiger partial charge on any atom is 0.0713 e. The number of nitrogens with zero attached hydrogens (tertiary/aromatic N) is 2. The van der Waals surface area contributed by atoms with Crippen molar-refractivity contribution in [2.75, 3.05) is 9.80 Å². The number of benzene rings is 9. The lowest BCUT2D eigenvalue weighted by atomic mass is 9.67. The molecule has 2 atom stereocenters. The summed E-state index contributed by atoms with van der Waals surface area (Å²) in [7, 11) is 0. The summed E-state index contributed by atoms with van der Waals surface area (Å²) in [4.78, 5) is 4.92. The van der Waals surface area contributed by atoms with E-state index in [1.807, 2.05) is 0 Å². The minimum Gasteiger partial charge on any atom is -0.333 e. The van der Waals surface area contributed by atoms with Crippen LogP contribution in [0.1, 0.15) is 33.7 Å². The van der Waals surface area contributed by atoms with Gasteiger partial charge in [0.1, 0.15) is 0 Å². The number of allylic oxidation sites excluding steroid dienone is 1. The van der Waals surface area contributed by atoms with Crippen LogP contribution in [0, 0.1) is 0 Å².